The molecule has 1 atom stereocenters. The summed E-state index contributed by atoms with van der Waals surface area (Å²) < 4.78 is 18.8. The van der Waals surface area contributed by atoms with Crippen LogP contribution in [-0.4, -0.2) is 16.0 Å². The first-order valence-corrected chi connectivity index (χ1v) is 5.77. The predicted octanol–water partition coefficient (Wildman–Crippen LogP) is 1.39. The molecule has 3 N–H and O–H groups in total. The Hall–Kier alpha value is -2.28. The zero-order chi connectivity index (χ0) is 13.6. The van der Waals surface area contributed by atoms with E-state index in [1.54, 1.807) is 13.0 Å². The third kappa shape index (κ3) is 1.78. The summed E-state index contributed by atoms with van der Waals surface area (Å²) in [6.45, 7) is 1.84. The van der Waals surface area contributed by atoms with Crippen LogP contribution in [0.4, 0.5) is 10.1 Å². The molecule has 2 heterocycles. The molecule has 1 unspecified atom stereocenters. The molecular formula is C12H11FN4O2. The molecule has 1 aromatic heterocycles. The van der Waals surface area contributed by atoms with Crippen LogP contribution in [0.3, 0.4) is 0 Å². The number of hydrogen-bond acceptors (Lipinski definition) is 5. The van der Waals surface area contributed by atoms with Crippen LogP contribution in [0, 0.1) is 5.82 Å². The molecule has 0 bridgehead atoms. The van der Waals surface area contributed by atoms with Gasteiger partial charge in [0.15, 0.2) is 0 Å². The summed E-state index contributed by atoms with van der Waals surface area (Å²) >= 11 is 0. The highest BCUT2D eigenvalue weighted by atomic mass is 19.1. The van der Waals surface area contributed by atoms with Gasteiger partial charge in [0.2, 0.25) is 17.6 Å². The Morgan fingerprint density at radius 3 is 3.00 bits per heavy atom. The van der Waals surface area contributed by atoms with Gasteiger partial charge in [-0.3, -0.25) is 4.79 Å². The normalized spacial score (nSPS) is 17.4. The van der Waals surface area contributed by atoms with E-state index in [4.69, 9.17) is 10.3 Å². The quantitative estimate of drug-likeness (QED) is 0.852. The number of anilines is 1. The Balaban J connectivity index is 2.10. The van der Waals surface area contributed by atoms with Gasteiger partial charge in [-0.2, -0.15) is 4.98 Å². The Kier molecular flexibility index (Phi) is 2.56. The van der Waals surface area contributed by atoms with Crippen molar-refractivity contribution in [3.8, 4) is 11.4 Å². The average molecular weight is 262 g/mol. The number of nitrogens with one attached hydrogen (secondary N) is 1. The lowest BCUT2D eigenvalue weighted by molar-refractivity contribution is -0.116. The second kappa shape index (κ2) is 4.13. The predicted molar refractivity (Wildman–Crippen MR) is 64.6 cm³/mol. The molecule has 1 aromatic carbocycles. The second-order valence-corrected chi connectivity index (χ2v) is 4.35. The van der Waals surface area contributed by atoms with E-state index in [9.17, 15) is 9.18 Å². The Morgan fingerprint density at radius 2 is 2.32 bits per heavy atom. The van der Waals surface area contributed by atoms with Crippen LogP contribution in [0.15, 0.2) is 16.7 Å². The van der Waals surface area contributed by atoms with Gasteiger partial charge in [0.05, 0.1) is 18.2 Å². The van der Waals surface area contributed by atoms with Crippen LogP contribution in [0.2, 0.25) is 0 Å². The Morgan fingerprint density at radius 1 is 1.53 bits per heavy atom. The van der Waals surface area contributed by atoms with Gasteiger partial charge in [0.1, 0.15) is 5.82 Å². The summed E-state index contributed by atoms with van der Waals surface area (Å²) in [5.74, 6) is -0.594. The lowest BCUT2D eigenvalue weighted by Crippen LogP contribution is -2.08. The largest absolute Gasteiger partial charge is 0.338 e. The zero-order valence-corrected chi connectivity index (χ0v) is 10.1. The number of aromatic nitrogens is 2. The Bertz CT molecular complexity index is 668. The average Bonchev–Trinajstić information content (AvgIpc) is 2.97. The maximum absolute atomic E-state index is 13.9. The minimum absolute atomic E-state index is 0.122. The number of benzene rings is 1. The van der Waals surface area contributed by atoms with Crippen molar-refractivity contribution in [1.29, 1.82) is 0 Å². The van der Waals surface area contributed by atoms with Crippen molar-refractivity contribution < 1.29 is 13.7 Å². The van der Waals surface area contributed by atoms with Gasteiger partial charge in [-0.25, -0.2) is 4.39 Å². The van der Waals surface area contributed by atoms with E-state index in [0.717, 1.165) is 0 Å². The van der Waals surface area contributed by atoms with Crippen molar-refractivity contribution in [2.45, 2.75) is 19.4 Å². The SMILES string of the molecule is CC1C(=O)Nc2c(F)cc(-c3noc(CN)n3)cc21. The van der Waals surface area contributed by atoms with Gasteiger partial charge >= 0.3 is 0 Å². The molecule has 2 aromatic rings. The van der Waals surface area contributed by atoms with Gasteiger partial charge < -0.3 is 15.6 Å². The summed E-state index contributed by atoms with van der Waals surface area (Å²) in [6.07, 6.45) is 0. The van der Waals surface area contributed by atoms with Gasteiger partial charge in [0.25, 0.3) is 0 Å². The topological polar surface area (TPSA) is 94.0 Å². The van der Waals surface area contributed by atoms with Gasteiger partial charge in [-0.05, 0) is 24.6 Å². The van der Waals surface area contributed by atoms with Crippen LogP contribution >= 0.6 is 0 Å². The van der Waals surface area contributed by atoms with Gasteiger partial charge in [0, 0.05) is 5.56 Å². The van der Waals surface area contributed by atoms with E-state index in [1.165, 1.54) is 6.07 Å². The van der Waals surface area contributed by atoms with Crippen molar-refractivity contribution >= 4 is 11.6 Å². The smallest absolute Gasteiger partial charge is 0.240 e. The second-order valence-electron chi connectivity index (χ2n) is 4.35. The lowest BCUT2D eigenvalue weighted by atomic mass is 10.00. The number of halogens is 1. The molecule has 7 heteroatoms. The summed E-state index contributed by atoms with van der Waals surface area (Å²) in [5.41, 5.74) is 6.66. The van der Waals surface area contributed by atoms with E-state index in [1.807, 2.05) is 0 Å². The van der Waals surface area contributed by atoms with Crippen LogP contribution < -0.4 is 11.1 Å². The molecule has 6 nitrogen and oxygen atoms in total. The molecule has 0 fully saturated rings. The number of fused-ring (bicyclic) bond motifs is 1. The van der Waals surface area contributed by atoms with Gasteiger partial charge in [-0.15, -0.1) is 0 Å². The molecule has 1 aliphatic rings. The van der Waals surface area contributed by atoms with Crippen LogP contribution in [0.25, 0.3) is 11.4 Å². The number of nitrogens with zero attached hydrogens (tertiary/aromatic N) is 2. The van der Waals surface area contributed by atoms with E-state index >= 15 is 0 Å². The summed E-state index contributed by atoms with van der Waals surface area (Å²) in [7, 11) is 0. The molecule has 0 saturated heterocycles. The minimum atomic E-state index is -0.510. The van der Waals surface area contributed by atoms with Crippen molar-refractivity contribution in [3.05, 3.63) is 29.4 Å². The van der Waals surface area contributed by atoms with E-state index in [-0.39, 0.29) is 29.9 Å². The van der Waals surface area contributed by atoms with Crippen molar-refractivity contribution in [2.24, 2.45) is 5.73 Å². The number of carbonyl (C=O) groups is 1. The monoisotopic (exact) mass is 262 g/mol. The molecule has 0 aliphatic carbocycles. The minimum Gasteiger partial charge on any atom is -0.338 e. The summed E-state index contributed by atoms with van der Waals surface area (Å²) in [6, 6.07) is 2.95. The lowest BCUT2D eigenvalue weighted by Gasteiger charge is -2.04. The zero-order valence-electron chi connectivity index (χ0n) is 10.1. The van der Waals surface area contributed by atoms with Crippen molar-refractivity contribution in [1.82, 2.24) is 10.1 Å². The molecule has 1 aliphatic heterocycles. The maximum Gasteiger partial charge on any atom is 0.240 e. The van der Waals surface area contributed by atoms with Gasteiger partial charge in [-0.1, -0.05) is 5.16 Å². The molecule has 0 radical (unpaired) electrons. The van der Waals surface area contributed by atoms with Crippen molar-refractivity contribution in [2.75, 3.05) is 5.32 Å². The molecule has 0 saturated carbocycles. The maximum atomic E-state index is 13.9. The van der Waals surface area contributed by atoms with E-state index < -0.39 is 11.7 Å². The standard InChI is InChI=1S/C12H11FN4O2/c1-5-7-2-6(11-15-9(4-14)19-17-11)3-8(13)10(7)16-12(5)18/h2-3,5H,4,14H2,1H3,(H,16,18). The van der Waals surface area contributed by atoms with Crippen LogP contribution in [-0.2, 0) is 11.3 Å². The molecule has 0 spiro atoms. The third-order valence-corrected chi connectivity index (χ3v) is 3.13. The highest BCUT2D eigenvalue weighted by Gasteiger charge is 2.30. The summed E-state index contributed by atoms with van der Waals surface area (Å²) in [4.78, 5) is 15.6. The fraction of sp³-hybridized carbons (Fsp3) is 0.250. The number of nitrogens with two attached hydrogens (primary N) is 1. The highest BCUT2D eigenvalue weighted by Crippen LogP contribution is 2.37. The molecule has 19 heavy (non-hydrogen) atoms. The first-order valence-electron chi connectivity index (χ1n) is 5.77. The first-order chi connectivity index (χ1) is 9.10. The molecular weight excluding hydrogens is 251 g/mol. The fourth-order valence-corrected chi connectivity index (χ4v) is 2.06. The fourth-order valence-electron chi connectivity index (χ4n) is 2.06. The number of hydrogen-bond donors (Lipinski definition) is 2. The van der Waals surface area contributed by atoms with E-state index in [0.29, 0.717) is 11.1 Å². The number of carbonyl (C=O) groups excluding carboxylic acids is 1. The molecule has 98 valence electrons. The van der Waals surface area contributed by atoms with Crippen molar-refractivity contribution in [3.63, 3.8) is 0 Å². The molecule has 1 amide bonds. The third-order valence-electron chi connectivity index (χ3n) is 3.13. The van der Waals surface area contributed by atoms with Crippen LogP contribution in [0.5, 0.6) is 0 Å². The molecule has 3 rings (SSSR count). The number of amides is 1. The first kappa shape index (κ1) is 11.8. The van der Waals surface area contributed by atoms with E-state index in [2.05, 4.69) is 15.5 Å². The van der Waals surface area contributed by atoms with Crippen LogP contribution in [0.1, 0.15) is 24.3 Å². The highest BCUT2D eigenvalue weighted by molar-refractivity contribution is 6.03. The summed E-state index contributed by atoms with van der Waals surface area (Å²) in [5, 5.41) is 6.24. The Labute approximate surface area is 107 Å². The number of rotatable bonds is 2.